The molecule has 4 aliphatic rings. The van der Waals surface area contributed by atoms with Crippen LogP contribution in [0.4, 0.5) is 8.78 Å². The minimum atomic E-state index is -0.634. The molecule has 6 rings (SSSR count). The van der Waals surface area contributed by atoms with Gasteiger partial charge in [-0.2, -0.15) is 4.39 Å². The lowest BCUT2D eigenvalue weighted by atomic mass is 9.75. The topological polar surface area (TPSA) is 99.6 Å². The van der Waals surface area contributed by atoms with E-state index in [-0.39, 0.29) is 28.9 Å². The fourth-order valence-electron chi connectivity index (χ4n) is 5.65. The van der Waals surface area contributed by atoms with E-state index in [1.165, 1.54) is 12.1 Å². The Morgan fingerprint density at radius 3 is 2.78 bits per heavy atom. The highest BCUT2D eigenvalue weighted by molar-refractivity contribution is 6.07. The van der Waals surface area contributed by atoms with E-state index in [1.54, 1.807) is 35.5 Å². The van der Waals surface area contributed by atoms with Crippen molar-refractivity contribution in [3.63, 3.8) is 0 Å². The van der Waals surface area contributed by atoms with Gasteiger partial charge in [0.15, 0.2) is 5.82 Å². The predicted molar refractivity (Wildman–Crippen MR) is 127 cm³/mol. The zero-order chi connectivity index (χ0) is 24.8. The van der Waals surface area contributed by atoms with E-state index in [0.29, 0.717) is 50.5 Å². The van der Waals surface area contributed by atoms with Crippen molar-refractivity contribution in [1.82, 2.24) is 25.5 Å². The number of rotatable bonds is 3. The van der Waals surface area contributed by atoms with Crippen LogP contribution in [0.5, 0.6) is 0 Å². The van der Waals surface area contributed by atoms with Gasteiger partial charge in [-0.05, 0) is 48.1 Å². The Morgan fingerprint density at radius 2 is 1.94 bits per heavy atom. The maximum Gasteiger partial charge on any atom is 0.257 e. The fraction of sp³-hybridized carbons (Fsp3) is 0.346. The standard InChI is InChI=1S/C26H24F2N6O2/c27-19-3-2-14(15-8-16-12-32-22(35)11-18-23(16)20(10-15)33-24(18)28)9-17(19)26(36)34-7-6-29-13-21(34)25-30-4-1-5-31-25/h1-5,9,11,15-16,21,29H,6-8,10,12-13H2,(H,32,35). The summed E-state index contributed by atoms with van der Waals surface area (Å²) in [6.45, 7) is 1.84. The maximum absolute atomic E-state index is 15.0. The van der Waals surface area contributed by atoms with Crippen molar-refractivity contribution in [2.45, 2.75) is 24.8 Å². The first-order chi connectivity index (χ1) is 17.5. The van der Waals surface area contributed by atoms with Crippen molar-refractivity contribution in [3.05, 3.63) is 82.3 Å². The summed E-state index contributed by atoms with van der Waals surface area (Å²) >= 11 is 0. The van der Waals surface area contributed by atoms with E-state index in [1.807, 2.05) is 0 Å². The van der Waals surface area contributed by atoms with Crippen molar-refractivity contribution >= 4 is 17.8 Å². The minimum absolute atomic E-state index is 0.00837. The molecular weight excluding hydrogens is 466 g/mol. The molecule has 0 bridgehead atoms. The smallest absolute Gasteiger partial charge is 0.257 e. The van der Waals surface area contributed by atoms with Crippen LogP contribution in [0.1, 0.15) is 46.5 Å². The number of amides is 2. The second kappa shape index (κ2) is 9.02. The van der Waals surface area contributed by atoms with Gasteiger partial charge in [0.1, 0.15) is 11.9 Å². The summed E-state index contributed by atoms with van der Waals surface area (Å²) in [4.78, 5) is 39.9. The molecule has 8 nitrogen and oxygen atoms in total. The number of benzene rings is 1. The summed E-state index contributed by atoms with van der Waals surface area (Å²) < 4.78 is 29.5. The molecule has 184 valence electrons. The minimum Gasteiger partial charge on any atom is -0.352 e. The van der Waals surface area contributed by atoms with Crippen LogP contribution in [0.3, 0.4) is 0 Å². The Labute approximate surface area is 206 Å². The third-order valence-electron chi connectivity index (χ3n) is 7.35. The quantitative estimate of drug-likeness (QED) is 0.689. The number of allylic oxidation sites excluding steroid dienone is 2. The van der Waals surface area contributed by atoms with Gasteiger partial charge in [-0.25, -0.2) is 19.4 Å². The second-order valence-corrected chi connectivity index (χ2v) is 9.46. The molecule has 1 saturated heterocycles. The molecule has 1 fully saturated rings. The number of carbonyl (C=O) groups excluding carboxylic acids is 2. The second-order valence-electron chi connectivity index (χ2n) is 9.46. The van der Waals surface area contributed by atoms with E-state index in [0.717, 1.165) is 11.1 Å². The van der Waals surface area contributed by atoms with Crippen molar-refractivity contribution in [3.8, 4) is 0 Å². The van der Waals surface area contributed by atoms with Gasteiger partial charge >= 0.3 is 0 Å². The molecule has 2 aromatic rings. The summed E-state index contributed by atoms with van der Waals surface area (Å²) in [5, 5.41) is 6.06. The van der Waals surface area contributed by atoms with Crippen LogP contribution in [0.2, 0.25) is 0 Å². The van der Waals surface area contributed by atoms with Gasteiger partial charge in [0, 0.05) is 61.8 Å². The van der Waals surface area contributed by atoms with Crippen molar-refractivity contribution < 1.29 is 18.4 Å². The van der Waals surface area contributed by atoms with Crippen molar-refractivity contribution in [1.29, 1.82) is 0 Å². The maximum atomic E-state index is 15.0. The molecule has 0 radical (unpaired) electrons. The lowest BCUT2D eigenvalue weighted by Gasteiger charge is -2.35. The SMILES string of the molecule is O=C1C=C2C(F)=NC3=C2C(CN1)CC(c1ccc(F)c(C(=O)N2CCNCC2c2ncccn2)c1)C3. The van der Waals surface area contributed by atoms with Gasteiger partial charge < -0.3 is 15.5 Å². The summed E-state index contributed by atoms with van der Waals surface area (Å²) in [6, 6.07) is 5.91. The van der Waals surface area contributed by atoms with E-state index >= 15 is 4.39 Å². The highest BCUT2D eigenvalue weighted by Gasteiger charge is 2.39. The Kier molecular flexibility index (Phi) is 5.67. The first kappa shape index (κ1) is 22.7. The molecule has 0 spiro atoms. The Balaban J connectivity index is 1.30. The monoisotopic (exact) mass is 490 g/mol. The number of nitrogens with one attached hydrogen (secondary N) is 2. The summed E-state index contributed by atoms with van der Waals surface area (Å²) in [5.41, 5.74) is 2.46. The van der Waals surface area contributed by atoms with Gasteiger partial charge in [0.25, 0.3) is 5.91 Å². The zero-order valence-electron chi connectivity index (χ0n) is 19.4. The molecule has 1 aromatic carbocycles. The number of nitrogens with zero attached hydrogens (tertiary/aromatic N) is 4. The van der Waals surface area contributed by atoms with Crippen LogP contribution in [-0.4, -0.2) is 58.8 Å². The average molecular weight is 491 g/mol. The van der Waals surface area contributed by atoms with Gasteiger partial charge in [-0.15, -0.1) is 0 Å². The van der Waals surface area contributed by atoms with E-state index in [4.69, 9.17) is 0 Å². The lowest BCUT2D eigenvalue weighted by molar-refractivity contribution is -0.116. The average Bonchev–Trinajstić information content (AvgIpc) is 3.10. The van der Waals surface area contributed by atoms with E-state index in [2.05, 4.69) is 25.6 Å². The molecule has 1 aromatic heterocycles. The van der Waals surface area contributed by atoms with E-state index < -0.39 is 23.7 Å². The molecule has 0 saturated carbocycles. The molecule has 36 heavy (non-hydrogen) atoms. The number of hydrogen-bond acceptors (Lipinski definition) is 6. The van der Waals surface area contributed by atoms with Crippen LogP contribution in [0.25, 0.3) is 0 Å². The molecule has 3 aliphatic heterocycles. The number of hydrogen-bond donors (Lipinski definition) is 2. The normalized spacial score (nSPS) is 25.6. The third kappa shape index (κ3) is 3.91. The van der Waals surface area contributed by atoms with Crippen LogP contribution in [-0.2, 0) is 4.79 Å². The van der Waals surface area contributed by atoms with Gasteiger partial charge in [-0.3, -0.25) is 9.59 Å². The lowest BCUT2D eigenvalue weighted by Crippen LogP contribution is -2.49. The first-order valence-corrected chi connectivity index (χ1v) is 12.0. The van der Waals surface area contributed by atoms with Crippen LogP contribution < -0.4 is 10.6 Å². The number of halogens is 2. The van der Waals surface area contributed by atoms with Gasteiger partial charge in [0.2, 0.25) is 11.9 Å². The third-order valence-corrected chi connectivity index (χ3v) is 7.35. The number of carbonyl (C=O) groups is 2. The predicted octanol–water partition coefficient (Wildman–Crippen LogP) is 2.59. The zero-order valence-corrected chi connectivity index (χ0v) is 19.4. The summed E-state index contributed by atoms with van der Waals surface area (Å²) in [7, 11) is 0. The first-order valence-electron chi connectivity index (χ1n) is 12.0. The Morgan fingerprint density at radius 1 is 1.11 bits per heavy atom. The van der Waals surface area contributed by atoms with Crippen molar-refractivity contribution in [2.24, 2.45) is 10.9 Å². The molecule has 10 heteroatoms. The van der Waals surface area contributed by atoms with Crippen LogP contribution in [0, 0.1) is 11.7 Å². The Bertz CT molecular complexity index is 1340. The molecule has 2 amide bonds. The molecule has 4 heterocycles. The molecule has 3 unspecified atom stereocenters. The molecule has 3 atom stereocenters. The molecule has 1 aliphatic carbocycles. The largest absolute Gasteiger partial charge is 0.352 e. The summed E-state index contributed by atoms with van der Waals surface area (Å²) in [5.74, 6) is -1.68. The number of piperazine rings is 1. The van der Waals surface area contributed by atoms with E-state index in [9.17, 15) is 14.0 Å². The van der Waals surface area contributed by atoms with Crippen LogP contribution in [0.15, 0.2) is 64.6 Å². The van der Waals surface area contributed by atoms with Crippen LogP contribution >= 0.6 is 0 Å². The highest BCUT2D eigenvalue weighted by atomic mass is 19.1. The fourth-order valence-corrected chi connectivity index (χ4v) is 5.65. The Hall–Kier alpha value is -3.79. The molecular formula is C26H24F2N6O2. The van der Waals surface area contributed by atoms with Gasteiger partial charge in [0.05, 0.1) is 5.56 Å². The number of aliphatic imine (C=N–C) groups is 1. The highest BCUT2D eigenvalue weighted by Crippen LogP contribution is 2.47. The van der Waals surface area contributed by atoms with Gasteiger partial charge in [-0.1, -0.05) is 6.07 Å². The van der Waals surface area contributed by atoms with Crippen molar-refractivity contribution in [2.75, 3.05) is 26.2 Å². The summed E-state index contributed by atoms with van der Waals surface area (Å²) in [6.07, 6.45) is 5.61. The molecule has 2 N–H and O–H groups in total. The number of aromatic nitrogens is 2.